The molecule has 3 aromatic rings. The van der Waals surface area contributed by atoms with Crippen molar-refractivity contribution < 1.29 is 14.2 Å². The molecule has 0 radical (unpaired) electrons. The van der Waals surface area contributed by atoms with E-state index in [1.807, 2.05) is 49.4 Å². The lowest BCUT2D eigenvalue weighted by Crippen LogP contribution is -2.04. The number of aromatic nitrogens is 1. The van der Waals surface area contributed by atoms with Crippen LogP contribution >= 0.6 is 34.2 Å². The van der Waals surface area contributed by atoms with Gasteiger partial charge in [-0.2, -0.15) is 10.4 Å². The van der Waals surface area contributed by atoms with E-state index in [9.17, 15) is 5.26 Å². The highest BCUT2D eigenvalue weighted by Crippen LogP contribution is 2.34. The molecule has 0 amide bonds. The average molecular weight is 577 g/mol. The van der Waals surface area contributed by atoms with Crippen molar-refractivity contribution in [1.82, 2.24) is 4.98 Å². The molecule has 0 unspecified atom stereocenters. The van der Waals surface area contributed by atoms with E-state index in [2.05, 4.69) is 44.2 Å². The van der Waals surface area contributed by atoms with Crippen molar-refractivity contribution in [2.75, 3.05) is 19.6 Å². The first-order valence-corrected chi connectivity index (χ1v) is 11.3. The number of halogens is 2. The molecule has 0 fully saturated rings. The fourth-order valence-electron chi connectivity index (χ4n) is 3.10. The van der Waals surface area contributed by atoms with Crippen LogP contribution in [-0.2, 0) is 18.0 Å². The molecule has 0 aliphatic carbocycles. The molecule has 0 atom stereocenters. The van der Waals surface area contributed by atoms with E-state index in [0.29, 0.717) is 41.1 Å². The molecule has 0 saturated heterocycles. The third-order valence-electron chi connectivity index (χ3n) is 4.61. The molecule has 0 aliphatic heterocycles. The molecule has 0 spiro atoms. The van der Waals surface area contributed by atoms with Crippen molar-refractivity contribution >= 4 is 46.2 Å². The number of nitrogens with one attached hydrogen (secondary N) is 1. The maximum atomic E-state index is 9.54. The van der Waals surface area contributed by atoms with Gasteiger partial charge in [0.2, 0.25) is 0 Å². The molecule has 0 bridgehead atoms. The molecule has 2 aromatic carbocycles. The van der Waals surface area contributed by atoms with Gasteiger partial charge in [-0.1, -0.05) is 29.8 Å². The first-order chi connectivity index (χ1) is 16.0. The lowest BCUT2D eigenvalue weighted by Gasteiger charge is -2.14. The summed E-state index contributed by atoms with van der Waals surface area (Å²) < 4.78 is 17.6. The van der Waals surface area contributed by atoms with Crippen molar-refractivity contribution in [3.63, 3.8) is 0 Å². The van der Waals surface area contributed by atoms with Crippen LogP contribution in [0.15, 0.2) is 47.6 Å². The third kappa shape index (κ3) is 6.35. The van der Waals surface area contributed by atoms with Crippen LogP contribution < -0.4 is 14.9 Å². The van der Waals surface area contributed by atoms with Crippen LogP contribution in [0, 0.1) is 21.8 Å². The van der Waals surface area contributed by atoms with Crippen LogP contribution in [0.5, 0.6) is 11.5 Å². The Hall–Kier alpha value is -2.87. The number of aryl methyl sites for hydroxylation is 1. The first-order valence-electron chi connectivity index (χ1n) is 9.89. The first kappa shape index (κ1) is 24.8. The second-order valence-corrected chi connectivity index (χ2v) is 8.54. The Morgan fingerprint density at radius 1 is 1.18 bits per heavy atom. The zero-order chi connectivity index (χ0) is 23.8. The number of ether oxygens (including phenoxy) is 3. The van der Waals surface area contributed by atoms with Crippen molar-refractivity contribution in [2.24, 2.45) is 5.10 Å². The zero-order valence-corrected chi connectivity index (χ0v) is 21.3. The molecule has 33 heavy (non-hydrogen) atoms. The van der Waals surface area contributed by atoms with Crippen molar-refractivity contribution in [3.8, 4) is 17.6 Å². The molecule has 1 N–H and O–H groups in total. The number of nitriles is 1. The second-order valence-electron chi connectivity index (χ2n) is 6.98. The smallest absolute Gasteiger partial charge is 0.174 e. The minimum atomic E-state index is 0.315. The predicted molar refractivity (Wildman–Crippen MR) is 137 cm³/mol. The van der Waals surface area contributed by atoms with Gasteiger partial charge >= 0.3 is 0 Å². The maximum Gasteiger partial charge on any atom is 0.174 e. The lowest BCUT2D eigenvalue weighted by atomic mass is 10.1. The van der Waals surface area contributed by atoms with Gasteiger partial charge in [0.05, 0.1) is 23.5 Å². The highest BCUT2D eigenvalue weighted by molar-refractivity contribution is 14.1. The predicted octanol–water partition coefficient (Wildman–Crippen LogP) is 5.70. The summed E-state index contributed by atoms with van der Waals surface area (Å²) in [6.07, 6.45) is 1.63. The van der Waals surface area contributed by atoms with E-state index in [4.69, 9.17) is 25.8 Å². The van der Waals surface area contributed by atoms with E-state index in [1.54, 1.807) is 20.4 Å². The van der Waals surface area contributed by atoms with E-state index >= 15 is 0 Å². The Bertz CT molecular complexity index is 1210. The van der Waals surface area contributed by atoms with Gasteiger partial charge in [-0.05, 0) is 59.3 Å². The van der Waals surface area contributed by atoms with Crippen molar-refractivity contribution in [3.05, 3.63) is 79.0 Å². The molecule has 0 aliphatic rings. The van der Waals surface area contributed by atoms with E-state index in [0.717, 1.165) is 26.0 Å². The van der Waals surface area contributed by atoms with Gasteiger partial charge in [0.25, 0.3) is 0 Å². The minimum absolute atomic E-state index is 0.315. The van der Waals surface area contributed by atoms with Gasteiger partial charge < -0.3 is 14.2 Å². The largest absolute Gasteiger partial charge is 0.493 e. The van der Waals surface area contributed by atoms with Gasteiger partial charge in [-0.3, -0.25) is 5.43 Å². The maximum absolute atomic E-state index is 9.54. The zero-order valence-electron chi connectivity index (χ0n) is 18.4. The van der Waals surface area contributed by atoms with E-state index in [-0.39, 0.29) is 0 Å². The monoisotopic (exact) mass is 576 g/mol. The molecule has 9 heteroatoms. The van der Waals surface area contributed by atoms with Crippen LogP contribution in [0.2, 0.25) is 5.02 Å². The Balaban J connectivity index is 1.79. The summed E-state index contributed by atoms with van der Waals surface area (Å²) >= 11 is 8.42. The van der Waals surface area contributed by atoms with Crippen LogP contribution in [0.1, 0.15) is 27.9 Å². The Morgan fingerprint density at radius 3 is 2.67 bits per heavy atom. The third-order valence-corrected chi connectivity index (χ3v) is 5.78. The molecular weight excluding hydrogens is 555 g/mol. The highest BCUT2D eigenvalue weighted by atomic mass is 127. The molecule has 3 rings (SSSR count). The molecule has 0 saturated carbocycles. The van der Waals surface area contributed by atoms with Gasteiger partial charge in [-0.15, -0.1) is 0 Å². The fourth-order valence-corrected chi connectivity index (χ4v) is 4.08. The summed E-state index contributed by atoms with van der Waals surface area (Å²) in [4.78, 5) is 4.38. The Labute approximate surface area is 211 Å². The number of benzene rings is 2. The average Bonchev–Trinajstić information content (AvgIpc) is 2.79. The number of hydrogen-bond donors (Lipinski definition) is 1. The molecule has 1 heterocycles. The minimum Gasteiger partial charge on any atom is -0.493 e. The standard InChI is InChI=1S/C24H22ClIN4O3/c1-15-8-18(13-31-2)19(11-27)24(29-15)30-28-12-16-9-21(26)23(22(10-16)32-3)33-14-17-6-4-5-7-20(17)25/h4-10,12H,13-14H2,1-3H3,(H,29,30)/b28-12-. The molecular formula is C24H22ClIN4O3. The number of anilines is 1. The lowest BCUT2D eigenvalue weighted by molar-refractivity contribution is 0.184. The summed E-state index contributed by atoms with van der Waals surface area (Å²) in [5.74, 6) is 1.57. The summed E-state index contributed by atoms with van der Waals surface area (Å²) in [6.45, 7) is 2.49. The highest BCUT2D eigenvalue weighted by Gasteiger charge is 2.13. The summed E-state index contributed by atoms with van der Waals surface area (Å²) in [6, 6.07) is 15.3. The number of methoxy groups -OCH3 is 2. The topological polar surface area (TPSA) is 88.8 Å². The number of rotatable bonds is 9. The van der Waals surface area contributed by atoms with Crippen LogP contribution in [0.4, 0.5) is 5.82 Å². The molecule has 7 nitrogen and oxygen atoms in total. The number of hydrazone groups is 1. The van der Waals surface area contributed by atoms with Crippen LogP contribution in [0.25, 0.3) is 0 Å². The molecule has 1 aromatic heterocycles. The normalized spacial score (nSPS) is 10.8. The van der Waals surface area contributed by atoms with E-state index < -0.39 is 0 Å². The summed E-state index contributed by atoms with van der Waals surface area (Å²) in [5.41, 5.74) is 6.45. The molecule has 170 valence electrons. The number of pyridine rings is 1. The fraction of sp³-hybridized carbons (Fsp3) is 0.208. The van der Waals surface area contributed by atoms with Crippen molar-refractivity contribution in [1.29, 1.82) is 5.26 Å². The van der Waals surface area contributed by atoms with Crippen LogP contribution in [-0.4, -0.2) is 25.4 Å². The van der Waals surface area contributed by atoms with E-state index in [1.165, 1.54) is 0 Å². The Morgan fingerprint density at radius 2 is 1.97 bits per heavy atom. The number of hydrogen-bond acceptors (Lipinski definition) is 7. The number of nitrogens with zero attached hydrogens (tertiary/aromatic N) is 3. The summed E-state index contributed by atoms with van der Waals surface area (Å²) in [5, 5.41) is 14.5. The quantitative estimate of drug-likeness (QED) is 0.200. The van der Waals surface area contributed by atoms with Gasteiger partial charge in [0.1, 0.15) is 18.2 Å². The summed E-state index contributed by atoms with van der Waals surface area (Å²) in [7, 11) is 3.17. The van der Waals surface area contributed by atoms with Crippen LogP contribution in [0.3, 0.4) is 0 Å². The van der Waals surface area contributed by atoms with Crippen molar-refractivity contribution in [2.45, 2.75) is 20.1 Å². The van der Waals surface area contributed by atoms with Gasteiger partial charge in [0, 0.05) is 29.0 Å². The Kier molecular flexibility index (Phi) is 8.88. The van der Waals surface area contributed by atoms with Gasteiger partial charge in [-0.25, -0.2) is 4.98 Å². The second kappa shape index (κ2) is 11.8. The SMILES string of the molecule is COCc1cc(C)nc(N/N=C\c2cc(I)c(OCc3ccccc3Cl)c(OC)c2)c1C#N. The van der Waals surface area contributed by atoms with Gasteiger partial charge in [0.15, 0.2) is 17.3 Å².